The average Bonchev–Trinajstić information content (AvgIpc) is 2.16. The van der Waals surface area contributed by atoms with Gasteiger partial charge in [-0.1, -0.05) is 6.92 Å². The SMILES string of the molecule is CC#CCC(CCN(C)C)NCCC. The Balaban J connectivity index is 3.75. The van der Waals surface area contributed by atoms with Crippen molar-refractivity contribution >= 4 is 0 Å². The lowest BCUT2D eigenvalue weighted by molar-refractivity contribution is 0.359. The predicted molar refractivity (Wildman–Crippen MR) is 63.3 cm³/mol. The van der Waals surface area contributed by atoms with Crippen LogP contribution in [0.2, 0.25) is 0 Å². The largest absolute Gasteiger partial charge is 0.313 e. The maximum atomic E-state index is 3.53. The molecule has 1 atom stereocenters. The number of nitrogens with zero attached hydrogens (tertiary/aromatic N) is 1. The highest BCUT2D eigenvalue weighted by Gasteiger charge is 2.05. The molecule has 0 rings (SSSR count). The first-order chi connectivity index (χ1) is 6.70. The summed E-state index contributed by atoms with van der Waals surface area (Å²) in [5.41, 5.74) is 0. The fraction of sp³-hybridized carbons (Fsp3) is 0.833. The molecule has 2 nitrogen and oxygen atoms in total. The predicted octanol–water partition coefficient (Wildman–Crippen LogP) is 1.72. The third-order valence-electron chi connectivity index (χ3n) is 2.13. The van der Waals surface area contributed by atoms with Gasteiger partial charge in [-0.05, 0) is 47.0 Å². The molecule has 2 heteroatoms. The summed E-state index contributed by atoms with van der Waals surface area (Å²) in [6.07, 6.45) is 3.35. The molecule has 0 bridgehead atoms. The van der Waals surface area contributed by atoms with Crippen LogP contribution in [0.1, 0.15) is 33.1 Å². The molecule has 0 aliphatic carbocycles. The van der Waals surface area contributed by atoms with Gasteiger partial charge in [-0.15, -0.1) is 11.8 Å². The Morgan fingerprint density at radius 3 is 2.57 bits per heavy atom. The molecule has 1 N–H and O–H groups in total. The molecule has 82 valence electrons. The molecule has 0 radical (unpaired) electrons. The molecule has 0 saturated heterocycles. The van der Waals surface area contributed by atoms with Gasteiger partial charge in [0.1, 0.15) is 0 Å². The van der Waals surface area contributed by atoms with Gasteiger partial charge >= 0.3 is 0 Å². The molecule has 0 aromatic carbocycles. The molecule has 1 unspecified atom stereocenters. The van der Waals surface area contributed by atoms with E-state index in [1.54, 1.807) is 0 Å². The van der Waals surface area contributed by atoms with Gasteiger partial charge in [0.05, 0.1) is 0 Å². The van der Waals surface area contributed by atoms with Crippen molar-refractivity contribution < 1.29 is 0 Å². The van der Waals surface area contributed by atoms with Gasteiger partial charge in [0.15, 0.2) is 0 Å². The molecule has 0 heterocycles. The molecule has 0 aromatic heterocycles. The maximum Gasteiger partial charge on any atom is 0.0243 e. The first-order valence-electron chi connectivity index (χ1n) is 5.48. The van der Waals surface area contributed by atoms with Crippen LogP contribution in [0, 0.1) is 11.8 Å². The summed E-state index contributed by atoms with van der Waals surface area (Å²) >= 11 is 0. The summed E-state index contributed by atoms with van der Waals surface area (Å²) in [4.78, 5) is 2.22. The average molecular weight is 196 g/mol. The van der Waals surface area contributed by atoms with Crippen LogP contribution in [-0.2, 0) is 0 Å². The van der Waals surface area contributed by atoms with Gasteiger partial charge in [-0.3, -0.25) is 0 Å². The van der Waals surface area contributed by atoms with Crippen LogP contribution in [-0.4, -0.2) is 38.1 Å². The van der Waals surface area contributed by atoms with Crippen LogP contribution >= 0.6 is 0 Å². The Kier molecular flexibility index (Phi) is 8.72. The summed E-state index contributed by atoms with van der Waals surface area (Å²) in [6.45, 7) is 6.33. The lowest BCUT2D eigenvalue weighted by atomic mass is 10.1. The number of hydrogen-bond acceptors (Lipinski definition) is 2. The molecule has 0 fully saturated rings. The van der Waals surface area contributed by atoms with Gasteiger partial charge in [-0.25, -0.2) is 0 Å². The zero-order valence-electron chi connectivity index (χ0n) is 10.1. The number of hydrogen-bond donors (Lipinski definition) is 1. The van der Waals surface area contributed by atoms with Gasteiger partial charge in [-0.2, -0.15) is 0 Å². The van der Waals surface area contributed by atoms with Gasteiger partial charge in [0.25, 0.3) is 0 Å². The second kappa shape index (κ2) is 9.05. The first kappa shape index (κ1) is 13.5. The molecular formula is C12H24N2. The third-order valence-corrected chi connectivity index (χ3v) is 2.13. The molecule has 0 saturated carbocycles. The van der Waals surface area contributed by atoms with Crippen molar-refractivity contribution in [3.05, 3.63) is 0 Å². The monoisotopic (exact) mass is 196 g/mol. The topological polar surface area (TPSA) is 15.3 Å². The van der Waals surface area contributed by atoms with Crippen molar-refractivity contribution in [2.45, 2.75) is 39.2 Å². The highest BCUT2D eigenvalue weighted by atomic mass is 15.1. The van der Waals surface area contributed by atoms with Crippen LogP contribution in [0.25, 0.3) is 0 Å². The lowest BCUT2D eigenvalue weighted by Gasteiger charge is -2.18. The van der Waals surface area contributed by atoms with Crippen LogP contribution < -0.4 is 5.32 Å². The van der Waals surface area contributed by atoms with E-state index in [0.29, 0.717) is 6.04 Å². The van der Waals surface area contributed by atoms with E-state index in [2.05, 4.69) is 43.1 Å². The Hall–Kier alpha value is -0.520. The molecule has 0 aliphatic heterocycles. The summed E-state index contributed by atoms with van der Waals surface area (Å²) in [5.74, 6) is 6.11. The minimum absolute atomic E-state index is 0.560. The second-order valence-electron chi connectivity index (χ2n) is 3.87. The van der Waals surface area contributed by atoms with Gasteiger partial charge in [0.2, 0.25) is 0 Å². The van der Waals surface area contributed by atoms with E-state index in [9.17, 15) is 0 Å². The number of nitrogens with one attached hydrogen (secondary N) is 1. The maximum absolute atomic E-state index is 3.53. The normalized spacial score (nSPS) is 12.4. The highest BCUT2D eigenvalue weighted by Crippen LogP contribution is 1.98. The van der Waals surface area contributed by atoms with Crippen LogP contribution in [0.4, 0.5) is 0 Å². The molecule has 0 amide bonds. The standard InChI is InChI=1S/C12H24N2/c1-5-7-8-12(13-10-6-2)9-11-14(3)4/h12-13H,6,8-11H2,1-4H3. The fourth-order valence-corrected chi connectivity index (χ4v) is 1.26. The van der Waals surface area contributed by atoms with E-state index in [0.717, 1.165) is 19.5 Å². The van der Waals surface area contributed by atoms with Crippen molar-refractivity contribution in [1.82, 2.24) is 10.2 Å². The zero-order valence-corrected chi connectivity index (χ0v) is 10.1. The lowest BCUT2D eigenvalue weighted by Crippen LogP contribution is -2.32. The van der Waals surface area contributed by atoms with Crippen LogP contribution in [0.15, 0.2) is 0 Å². The summed E-state index contributed by atoms with van der Waals surface area (Å²) in [7, 11) is 4.23. The van der Waals surface area contributed by atoms with E-state index in [1.165, 1.54) is 12.8 Å². The summed E-state index contributed by atoms with van der Waals surface area (Å²) in [6, 6.07) is 0.560. The molecular weight excluding hydrogens is 172 g/mol. The zero-order chi connectivity index (χ0) is 10.8. The second-order valence-corrected chi connectivity index (χ2v) is 3.87. The van der Waals surface area contributed by atoms with Crippen molar-refractivity contribution in [2.75, 3.05) is 27.2 Å². The van der Waals surface area contributed by atoms with E-state index in [4.69, 9.17) is 0 Å². The van der Waals surface area contributed by atoms with Crippen molar-refractivity contribution in [3.8, 4) is 11.8 Å². The Labute approximate surface area is 89.1 Å². The van der Waals surface area contributed by atoms with E-state index in [1.807, 2.05) is 6.92 Å². The van der Waals surface area contributed by atoms with E-state index in [-0.39, 0.29) is 0 Å². The molecule has 14 heavy (non-hydrogen) atoms. The number of rotatable bonds is 7. The van der Waals surface area contributed by atoms with Gasteiger partial charge in [0, 0.05) is 12.5 Å². The van der Waals surface area contributed by atoms with Crippen LogP contribution in [0.5, 0.6) is 0 Å². The van der Waals surface area contributed by atoms with Crippen molar-refractivity contribution in [3.63, 3.8) is 0 Å². The van der Waals surface area contributed by atoms with Crippen molar-refractivity contribution in [1.29, 1.82) is 0 Å². The fourth-order valence-electron chi connectivity index (χ4n) is 1.26. The summed E-state index contributed by atoms with van der Waals surface area (Å²) < 4.78 is 0. The van der Waals surface area contributed by atoms with Gasteiger partial charge < -0.3 is 10.2 Å². The minimum Gasteiger partial charge on any atom is -0.313 e. The van der Waals surface area contributed by atoms with E-state index >= 15 is 0 Å². The molecule has 0 aromatic rings. The molecule has 0 aliphatic rings. The van der Waals surface area contributed by atoms with Crippen molar-refractivity contribution in [2.24, 2.45) is 0 Å². The smallest absolute Gasteiger partial charge is 0.0243 e. The Bertz CT molecular complexity index is 176. The van der Waals surface area contributed by atoms with E-state index < -0.39 is 0 Å². The Morgan fingerprint density at radius 1 is 1.36 bits per heavy atom. The first-order valence-corrected chi connectivity index (χ1v) is 5.48. The summed E-state index contributed by atoms with van der Waals surface area (Å²) in [5, 5.41) is 3.53. The minimum atomic E-state index is 0.560. The quantitative estimate of drug-likeness (QED) is 0.624. The highest BCUT2D eigenvalue weighted by molar-refractivity contribution is 4.98. The Morgan fingerprint density at radius 2 is 2.07 bits per heavy atom. The third kappa shape index (κ3) is 8.10. The molecule has 0 spiro atoms. The van der Waals surface area contributed by atoms with Crippen LogP contribution in [0.3, 0.4) is 0 Å².